The summed E-state index contributed by atoms with van der Waals surface area (Å²) in [6.07, 6.45) is 1.43. The highest BCUT2D eigenvalue weighted by molar-refractivity contribution is 7.91. The molecule has 0 saturated carbocycles. The van der Waals surface area contributed by atoms with Crippen LogP contribution >= 0.6 is 0 Å². The van der Waals surface area contributed by atoms with Gasteiger partial charge in [-0.1, -0.05) is 57.2 Å². The SMILES string of the molecule is CCc1ccc(CN(C(=O)COc2ccc(C(C)C)cc2)C2CCS(=O)(=O)C2)cc1. The van der Waals surface area contributed by atoms with Crippen molar-refractivity contribution in [2.45, 2.75) is 52.1 Å². The smallest absolute Gasteiger partial charge is 0.261 e. The van der Waals surface area contributed by atoms with Gasteiger partial charge in [-0.3, -0.25) is 4.79 Å². The molecule has 1 fully saturated rings. The lowest BCUT2D eigenvalue weighted by Crippen LogP contribution is -2.43. The number of aryl methyl sites for hydroxylation is 1. The Bertz CT molecular complexity index is 950. The number of hydrogen-bond acceptors (Lipinski definition) is 4. The predicted octanol–water partition coefficient (Wildman–Crippen LogP) is 3.97. The summed E-state index contributed by atoms with van der Waals surface area (Å²) in [6, 6.07) is 15.6. The summed E-state index contributed by atoms with van der Waals surface area (Å²) in [4.78, 5) is 14.7. The fourth-order valence-electron chi connectivity index (χ4n) is 3.70. The molecule has 0 N–H and O–H groups in total. The Morgan fingerprint density at radius 2 is 1.70 bits per heavy atom. The molecule has 2 aromatic carbocycles. The molecule has 0 aromatic heterocycles. The summed E-state index contributed by atoms with van der Waals surface area (Å²) in [6.45, 7) is 6.63. The van der Waals surface area contributed by atoms with Crippen LogP contribution in [0.25, 0.3) is 0 Å². The third kappa shape index (κ3) is 5.85. The van der Waals surface area contributed by atoms with E-state index in [-0.39, 0.29) is 30.1 Å². The molecule has 2 aromatic rings. The van der Waals surface area contributed by atoms with E-state index >= 15 is 0 Å². The summed E-state index contributed by atoms with van der Waals surface area (Å²) in [5, 5.41) is 0. The number of amides is 1. The van der Waals surface area contributed by atoms with Crippen LogP contribution in [0.15, 0.2) is 48.5 Å². The largest absolute Gasteiger partial charge is 0.484 e. The van der Waals surface area contributed by atoms with Crippen LogP contribution in [0.1, 0.15) is 49.8 Å². The number of rotatable bonds is 8. The molecule has 1 heterocycles. The topological polar surface area (TPSA) is 63.7 Å². The van der Waals surface area contributed by atoms with Gasteiger partial charge in [0.15, 0.2) is 16.4 Å². The van der Waals surface area contributed by atoms with Crippen molar-refractivity contribution >= 4 is 15.7 Å². The predicted molar refractivity (Wildman–Crippen MR) is 119 cm³/mol. The number of nitrogens with zero attached hydrogens (tertiary/aromatic N) is 1. The first-order valence-electron chi connectivity index (χ1n) is 10.6. The summed E-state index contributed by atoms with van der Waals surface area (Å²) in [5.74, 6) is 1.03. The van der Waals surface area contributed by atoms with Crippen molar-refractivity contribution in [2.75, 3.05) is 18.1 Å². The molecule has 3 rings (SSSR count). The van der Waals surface area contributed by atoms with Gasteiger partial charge in [0.2, 0.25) is 0 Å². The van der Waals surface area contributed by atoms with Gasteiger partial charge in [-0.2, -0.15) is 0 Å². The Labute approximate surface area is 180 Å². The highest BCUT2D eigenvalue weighted by Crippen LogP contribution is 2.22. The molecule has 1 unspecified atom stereocenters. The summed E-state index contributed by atoms with van der Waals surface area (Å²) in [5.41, 5.74) is 3.43. The van der Waals surface area contributed by atoms with E-state index in [2.05, 4.69) is 32.9 Å². The van der Waals surface area contributed by atoms with Crippen molar-refractivity contribution in [3.05, 3.63) is 65.2 Å². The van der Waals surface area contributed by atoms with Crippen LogP contribution < -0.4 is 4.74 Å². The molecule has 1 aliphatic heterocycles. The second-order valence-corrected chi connectivity index (χ2v) is 10.5. The average Bonchev–Trinajstić information content (AvgIpc) is 3.10. The summed E-state index contributed by atoms with van der Waals surface area (Å²) >= 11 is 0. The average molecular weight is 430 g/mol. The maximum absolute atomic E-state index is 13.0. The number of carbonyl (C=O) groups is 1. The molecule has 1 aliphatic rings. The van der Waals surface area contributed by atoms with Crippen molar-refractivity contribution in [3.8, 4) is 5.75 Å². The molecule has 5 nitrogen and oxygen atoms in total. The molecular weight excluding hydrogens is 398 g/mol. The number of hydrogen-bond donors (Lipinski definition) is 0. The first-order chi connectivity index (χ1) is 14.3. The van der Waals surface area contributed by atoms with Crippen LogP contribution in [-0.2, 0) is 27.6 Å². The Morgan fingerprint density at radius 3 is 2.23 bits per heavy atom. The molecule has 6 heteroatoms. The Kier molecular flexibility index (Phi) is 7.19. The molecule has 162 valence electrons. The maximum Gasteiger partial charge on any atom is 0.261 e. The Balaban J connectivity index is 1.70. The molecule has 1 saturated heterocycles. The second kappa shape index (κ2) is 9.65. The van der Waals surface area contributed by atoms with E-state index in [0.29, 0.717) is 24.6 Å². The maximum atomic E-state index is 13.0. The van der Waals surface area contributed by atoms with E-state index in [1.165, 1.54) is 11.1 Å². The van der Waals surface area contributed by atoms with Gasteiger partial charge < -0.3 is 9.64 Å². The van der Waals surface area contributed by atoms with E-state index in [1.54, 1.807) is 4.90 Å². The first kappa shape index (κ1) is 22.3. The van der Waals surface area contributed by atoms with Crippen LogP contribution in [-0.4, -0.2) is 43.4 Å². The van der Waals surface area contributed by atoms with Crippen molar-refractivity contribution in [1.82, 2.24) is 4.90 Å². The van der Waals surface area contributed by atoms with Crippen LogP contribution in [0.5, 0.6) is 5.75 Å². The fraction of sp³-hybridized carbons (Fsp3) is 0.458. The fourth-order valence-corrected chi connectivity index (χ4v) is 5.43. The van der Waals surface area contributed by atoms with Crippen LogP contribution in [0.4, 0.5) is 0 Å². The lowest BCUT2D eigenvalue weighted by Gasteiger charge is -2.28. The molecule has 0 bridgehead atoms. The quantitative estimate of drug-likeness (QED) is 0.637. The number of sulfone groups is 1. The monoisotopic (exact) mass is 429 g/mol. The van der Waals surface area contributed by atoms with Gasteiger partial charge in [-0.25, -0.2) is 8.42 Å². The van der Waals surface area contributed by atoms with E-state index in [1.807, 2.05) is 36.4 Å². The normalized spacial score (nSPS) is 17.8. The number of carbonyl (C=O) groups excluding carboxylic acids is 1. The van der Waals surface area contributed by atoms with Gasteiger partial charge >= 0.3 is 0 Å². The Hall–Kier alpha value is -2.34. The molecule has 1 amide bonds. The Morgan fingerprint density at radius 1 is 1.07 bits per heavy atom. The molecular formula is C24H31NO4S. The minimum Gasteiger partial charge on any atom is -0.484 e. The third-order valence-electron chi connectivity index (χ3n) is 5.66. The minimum atomic E-state index is -3.09. The van der Waals surface area contributed by atoms with E-state index < -0.39 is 9.84 Å². The van der Waals surface area contributed by atoms with Crippen molar-refractivity contribution in [3.63, 3.8) is 0 Å². The highest BCUT2D eigenvalue weighted by atomic mass is 32.2. The van der Waals surface area contributed by atoms with Crippen molar-refractivity contribution in [2.24, 2.45) is 0 Å². The molecule has 0 radical (unpaired) electrons. The zero-order chi connectivity index (χ0) is 21.7. The standard InChI is InChI=1S/C24H31NO4S/c1-4-19-5-7-20(8-6-19)15-25(22-13-14-30(27,28)17-22)24(26)16-29-23-11-9-21(10-12-23)18(2)3/h5-12,18,22H,4,13-17H2,1-3H3. The van der Waals surface area contributed by atoms with Gasteiger partial charge in [0.25, 0.3) is 5.91 Å². The van der Waals surface area contributed by atoms with Crippen molar-refractivity contribution < 1.29 is 17.9 Å². The van der Waals surface area contributed by atoms with Crippen LogP contribution in [0.3, 0.4) is 0 Å². The number of benzene rings is 2. The van der Waals surface area contributed by atoms with Crippen LogP contribution in [0, 0.1) is 0 Å². The minimum absolute atomic E-state index is 0.0227. The molecule has 0 aliphatic carbocycles. The lowest BCUT2D eigenvalue weighted by molar-refractivity contribution is -0.136. The van der Waals surface area contributed by atoms with E-state index in [4.69, 9.17) is 4.74 Å². The van der Waals surface area contributed by atoms with E-state index in [0.717, 1.165) is 12.0 Å². The first-order valence-corrected chi connectivity index (χ1v) is 12.4. The lowest BCUT2D eigenvalue weighted by atomic mass is 10.0. The molecule has 30 heavy (non-hydrogen) atoms. The van der Waals surface area contributed by atoms with Crippen LogP contribution in [0.2, 0.25) is 0 Å². The number of ether oxygens (including phenoxy) is 1. The molecule has 0 spiro atoms. The third-order valence-corrected chi connectivity index (χ3v) is 7.41. The van der Waals surface area contributed by atoms with E-state index in [9.17, 15) is 13.2 Å². The van der Waals surface area contributed by atoms with Gasteiger partial charge in [0.1, 0.15) is 5.75 Å². The van der Waals surface area contributed by atoms with Gasteiger partial charge in [0, 0.05) is 12.6 Å². The van der Waals surface area contributed by atoms with Gasteiger partial charge in [0.05, 0.1) is 11.5 Å². The second-order valence-electron chi connectivity index (χ2n) is 8.26. The van der Waals surface area contributed by atoms with Gasteiger partial charge in [-0.05, 0) is 47.6 Å². The van der Waals surface area contributed by atoms with Crippen molar-refractivity contribution in [1.29, 1.82) is 0 Å². The highest BCUT2D eigenvalue weighted by Gasteiger charge is 2.34. The zero-order valence-electron chi connectivity index (χ0n) is 18.0. The summed E-state index contributed by atoms with van der Waals surface area (Å²) < 4.78 is 29.7. The zero-order valence-corrected chi connectivity index (χ0v) is 18.8. The summed E-state index contributed by atoms with van der Waals surface area (Å²) in [7, 11) is -3.09. The van der Waals surface area contributed by atoms with Gasteiger partial charge in [-0.15, -0.1) is 0 Å². The molecule has 1 atom stereocenters.